The van der Waals surface area contributed by atoms with E-state index in [0.717, 1.165) is 6.42 Å². The van der Waals surface area contributed by atoms with Gasteiger partial charge in [-0.05, 0) is 12.1 Å². The van der Waals surface area contributed by atoms with Crippen LogP contribution in [0.5, 0.6) is 11.8 Å². The molecule has 150 valence electrons. The Morgan fingerprint density at radius 1 is 1.17 bits per heavy atom. The van der Waals surface area contributed by atoms with Gasteiger partial charge in [0.2, 0.25) is 17.7 Å². The number of carbonyl (C=O) groups excluding carboxylic acids is 1. The second kappa shape index (κ2) is 8.26. The summed E-state index contributed by atoms with van der Waals surface area (Å²) in [6.07, 6.45) is 2.31. The summed E-state index contributed by atoms with van der Waals surface area (Å²) in [5.74, 6) is 0.801. The molecule has 1 aliphatic rings. The molecule has 1 atom stereocenters. The third-order valence-electron chi connectivity index (χ3n) is 4.91. The Balaban J connectivity index is 1.32. The molecule has 1 amide bonds. The first-order valence-electron chi connectivity index (χ1n) is 9.40. The molecule has 3 heterocycles. The van der Waals surface area contributed by atoms with E-state index in [9.17, 15) is 9.59 Å². The Bertz CT molecular complexity index is 1070. The van der Waals surface area contributed by atoms with Crippen LogP contribution in [-0.2, 0) is 11.3 Å². The summed E-state index contributed by atoms with van der Waals surface area (Å²) in [7, 11) is 1.52. The number of aromatic nitrogens is 4. The molecule has 1 aliphatic heterocycles. The van der Waals surface area contributed by atoms with E-state index in [1.54, 1.807) is 35.2 Å². The van der Waals surface area contributed by atoms with Gasteiger partial charge >= 0.3 is 0 Å². The fourth-order valence-electron chi connectivity index (χ4n) is 3.34. The predicted molar refractivity (Wildman–Crippen MR) is 105 cm³/mol. The first kappa shape index (κ1) is 18.9. The Morgan fingerprint density at radius 3 is 2.76 bits per heavy atom. The Hall–Kier alpha value is -3.49. The maximum Gasteiger partial charge on any atom is 0.261 e. The van der Waals surface area contributed by atoms with Crippen molar-refractivity contribution in [3.8, 4) is 11.8 Å². The highest BCUT2D eigenvalue weighted by molar-refractivity contribution is 5.77. The zero-order chi connectivity index (χ0) is 20.2. The summed E-state index contributed by atoms with van der Waals surface area (Å²) in [6, 6.07) is 10.5. The van der Waals surface area contributed by atoms with Crippen molar-refractivity contribution in [3.05, 3.63) is 53.1 Å². The van der Waals surface area contributed by atoms with Crippen molar-refractivity contribution in [1.29, 1.82) is 0 Å². The molecule has 0 N–H and O–H groups in total. The van der Waals surface area contributed by atoms with Gasteiger partial charge in [0.25, 0.3) is 5.56 Å². The SMILES string of the molecule is COc1ccc(O[C@H]2CCN(C(=O)CCn3cnc4ccccc4c3=O)C2)nn1. The molecule has 0 radical (unpaired) electrons. The van der Waals surface area contributed by atoms with E-state index >= 15 is 0 Å². The molecule has 0 aliphatic carbocycles. The van der Waals surface area contributed by atoms with Crippen LogP contribution in [-0.4, -0.2) is 56.9 Å². The van der Waals surface area contributed by atoms with Crippen molar-refractivity contribution in [2.45, 2.75) is 25.5 Å². The van der Waals surface area contributed by atoms with Gasteiger partial charge in [0.15, 0.2) is 0 Å². The molecule has 0 saturated carbocycles. The van der Waals surface area contributed by atoms with E-state index in [4.69, 9.17) is 9.47 Å². The molecule has 0 bridgehead atoms. The smallest absolute Gasteiger partial charge is 0.261 e. The number of likely N-dealkylation sites (tertiary alicyclic amines) is 1. The molecule has 3 aromatic rings. The third kappa shape index (κ3) is 4.18. The lowest BCUT2D eigenvalue weighted by Crippen LogP contribution is -2.32. The maximum atomic E-state index is 12.6. The van der Waals surface area contributed by atoms with Gasteiger partial charge in [-0.2, -0.15) is 0 Å². The van der Waals surface area contributed by atoms with Crippen LogP contribution >= 0.6 is 0 Å². The van der Waals surface area contributed by atoms with Gasteiger partial charge < -0.3 is 14.4 Å². The van der Waals surface area contributed by atoms with Crippen LogP contribution in [0.2, 0.25) is 0 Å². The molecular formula is C20H21N5O4. The summed E-state index contributed by atoms with van der Waals surface area (Å²) in [4.78, 5) is 31.1. The molecule has 1 fully saturated rings. The zero-order valence-corrected chi connectivity index (χ0v) is 16.0. The second-order valence-electron chi connectivity index (χ2n) is 6.79. The van der Waals surface area contributed by atoms with Crippen molar-refractivity contribution in [2.24, 2.45) is 0 Å². The first-order chi connectivity index (χ1) is 14.1. The number of methoxy groups -OCH3 is 1. The highest BCUT2D eigenvalue weighted by Gasteiger charge is 2.27. The number of aryl methyl sites for hydroxylation is 1. The van der Waals surface area contributed by atoms with E-state index in [1.165, 1.54) is 18.0 Å². The van der Waals surface area contributed by atoms with Crippen molar-refractivity contribution < 1.29 is 14.3 Å². The minimum atomic E-state index is -0.135. The number of fused-ring (bicyclic) bond motifs is 1. The zero-order valence-electron chi connectivity index (χ0n) is 16.0. The monoisotopic (exact) mass is 395 g/mol. The normalized spacial score (nSPS) is 16.2. The second-order valence-corrected chi connectivity index (χ2v) is 6.79. The molecule has 29 heavy (non-hydrogen) atoms. The van der Waals surface area contributed by atoms with Crippen LogP contribution in [0.25, 0.3) is 10.9 Å². The number of carbonyl (C=O) groups is 1. The molecule has 1 saturated heterocycles. The van der Waals surface area contributed by atoms with Gasteiger partial charge in [-0.15, -0.1) is 10.2 Å². The van der Waals surface area contributed by atoms with Crippen LogP contribution in [0.15, 0.2) is 47.5 Å². The van der Waals surface area contributed by atoms with E-state index in [2.05, 4.69) is 15.2 Å². The summed E-state index contributed by atoms with van der Waals surface area (Å²) in [6.45, 7) is 1.39. The van der Waals surface area contributed by atoms with Gasteiger partial charge in [0, 0.05) is 38.1 Å². The molecule has 0 spiro atoms. The number of para-hydroxylation sites is 1. The molecule has 0 unspecified atom stereocenters. The molecular weight excluding hydrogens is 374 g/mol. The predicted octanol–water partition coefficient (Wildman–Crippen LogP) is 1.27. The summed E-state index contributed by atoms with van der Waals surface area (Å²) in [5.41, 5.74) is 0.519. The van der Waals surface area contributed by atoms with Gasteiger partial charge in [-0.3, -0.25) is 14.2 Å². The summed E-state index contributed by atoms with van der Waals surface area (Å²) >= 11 is 0. The largest absolute Gasteiger partial charge is 0.480 e. The Morgan fingerprint density at radius 2 is 1.97 bits per heavy atom. The summed E-state index contributed by atoms with van der Waals surface area (Å²) < 4.78 is 12.3. The number of hydrogen-bond donors (Lipinski definition) is 0. The molecule has 9 nitrogen and oxygen atoms in total. The van der Waals surface area contributed by atoms with Gasteiger partial charge in [0.1, 0.15) is 6.10 Å². The van der Waals surface area contributed by atoms with Crippen molar-refractivity contribution >= 4 is 16.8 Å². The highest BCUT2D eigenvalue weighted by atomic mass is 16.5. The van der Waals surface area contributed by atoms with Crippen LogP contribution in [0.3, 0.4) is 0 Å². The fraction of sp³-hybridized carbons (Fsp3) is 0.350. The van der Waals surface area contributed by atoms with Crippen LogP contribution < -0.4 is 15.0 Å². The number of hydrogen-bond acceptors (Lipinski definition) is 7. The van der Waals surface area contributed by atoms with E-state index in [0.29, 0.717) is 42.3 Å². The number of ether oxygens (including phenoxy) is 2. The molecule has 1 aromatic carbocycles. The first-order valence-corrected chi connectivity index (χ1v) is 9.40. The fourth-order valence-corrected chi connectivity index (χ4v) is 3.34. The average molecular weight is 395 g/mol. The van der Waals surface area contributed by atoms with Crippen LogP contribution in [0, 0.1) is 0 Å². The summed E-state index contributed by atoms with van der Waals surface area (Å²) in [5, 5.41) is 8.37. The maximum absolute atomic E-state index is 12.6. The number of rotatable bonds is 6. The minimum Gasteiger partial charge on any atom is -0.480 e. The topological polar surface area (TPSA) is 99.4 Å². The Kier molecular flexibility index (Phi) is 5.37. The quantitative estimate of drug-likeness (QED) is 0.620. The minimum absolute atomic E-state index is 0.0167. The lowest BCUT2D eigenvalue weighted by Gasteiger charge is -2.17. The van der Waals surface area contributed by atoms with Crippen LogP contribution in [0.1, 0.15) is 12.8 Å². The third-order valence-corrected chi connectivity index (χ3v) is 4.91. The standard InChI is InChI=1S/C20H21N5O4/c1-28-17-6-7-18(23-22-17)29-14-8-10-24(12-14)19(26)9-11-25-13-21-16-5-3-2-4-15(16)20(25)27/h2-7,13-14H,8-12H2,1H3/t14-/m0/s1. The molecule has 9 heteroatoms. The highest BCUT2D eigenvalue weighted by Crippen LogP contribution is 2.18. The van der Waals surface area contributed by atoms with Crippen molar-refractivity contribution in [3.63, 3.8) is 0 Å². The van der Waals surface area contributed by atoms with E-state index < -0.39 is 0 Å². The lowest BCUT2D eigenvalue weighted by atomic mass is 10.2. The van der Waals surface area contributed by atoms with E-state index in [-0.39, 0.29) is 24.0 Å². The number of nitrogens with zero attached hydrogens (tertiary/aromatic N) is 5. The molecule has 4 rings (SSSR count). The van der Waals surface area contributed by atoms with Gasteiger partial charge in [-0.25, -0.2) is 4.98 Å². The van der Waals surface area contributed by atoms with E-state index in [1.807, 2.05) is 6.07 Å². The Labute approximate surface area is 166 Å². The number of amides is 1. The molecule has 2 aromatic heterocycles. The number of benzene rings is 1. The van der Waals surface area contributed by atoms with Crippen molar-refractivity contribution in [1.82, 2.24) is 24.6 Å². The average Bonchev–Trinajstić information content (AvgIpc) is 3.22. The van der Waals surface area contributed by atoms with Crippen molar-refractivity contribution in [2.75, 3.05) is 20.2 Å². The van der Waals surface area contributed by atoms with Crippen LogP contribution in [0.4, 0.5) is 0 Å². The van der Waals surface area contributed by atoms with Gasteiger partial charge in [-0.1, -0.05) is 12.1 Å². The van der Waals surface area contributed by atoms with Gasteiger partial charge in [0.05, 0.1) is 30.9 Å². The lowest BCUT2D eigenvalue weighted by molar-refractivity contribution is -0.130.